The number of ether oxygens (including phenoxy) is 1. The van der Waals surface area contributed by atoms with Gasteiger partial charge in [-0.15, -0.1) is 11.6 Å². The minimum atomic E-state index is -0.232. The molecule has 1 N–H and O–H groups in total. The molecule has 13 heavy (non-hydrogen) atoms. The minimum absolute atomic E-state index is 0.00325. The number of methoxy groups -OCH3 is 1. The lowest BCUT2D eigenvalue weighted by Gasteiger charge is -2.12. The van der Waals surface area contributed by atoms with E-state index < -0.39 is 0 Å². The molecule has 0 saturated carbocycles. The highest BCUT2D eigenvalue weighted by molar-refractivity contribution is 6.17. The fraction of sp³-hybridized carbons (Fsp3) is 0.400. The second-order valence-electron chi connectivity index (χ2n) is 2.78. The van der Waals surface area contributed by atoms with Crippen LogP contribution >= 0.6 is 11.6 Å². The van der Waals surface area contributed by atoms with E-state index in [9.17, 15) is 0 Å². The molecule has 1 atom stereocenters. The molecule has 0 heterocycles. The van der Waals surface area contributed by atoms with E-state index in [2.05, 4.69) is 0 Å². The fourth-order valence-corrected chi connectivity index (χ4v) is 1.32. The summed E-state index contributed by atoms with van der Waals surface area (Å²) in [6, 6.07) is 7.71. The van der Waals surface area contributed by atoms with Crippen molar-refractivity contribution in [1.82, 2.24) is 0 Å². The van der Waals surface area contributed by atoms with Gasteiger partial charge in [-0.2, -0.15) is 0 Å². The quantitative estimate of drug-likeness (QED) is 0.755. The zero-order chi connectivity index (χ0) is 9.68. The summed E-state index contributed by atoms with van der Waals surface area (Å²) in [6.07, 6.45) is -0.232. The van der Waals surface area contributed by atoms with Gasteiger partial charge in [-0.25, -0.2) is 0 Å². The number of hydrogen-bond acceptors (Lipinski definition) is 2. The zero-order valence-electron chi connectivity index (χ0n) is 7.53. The maximum atomic E-state index is 8.95. The molecule has 72 valence electrons. The third-order valence-corrected chi connectivity index (χ3v) is 2.26. The normalized spacial score (nSPS) is 12.8. The molecule has 0 saturated heterocycles. The molecule has 3 heteroatoms. The van der Waals surface area contributed by atoms with Crippen molar-refractivity contribution in [1.29, 1.82) is 0 Å². The van der Waals surface area contributed by atoms with Gasteiger partial charge in [0.05, 0.1) is 6.61 Å². The lowest BCUT2D eigenvalue weighted by atomic mass is 10.1. The van der Waals surface area contributed by atoms with Crippen LogP contribution in [0.3, 0.4) is 0 Å². The summed E-state index contributed by atoms with van der Waals surface area (Å²) in [5.41, 5.74) is 2.04. The SMILES string of the molecule is COC(CO)c1ccc(CCl)cc1. The van der Waals surface area contributed by atoms with Crippen LogP contribution in [0.1, 0.15) is 17.2 Å². The smallest absolute Gasteiger partial charge is 0.105 e. The Bertz CT molecular complexity index is 242. The van der Waals surface area contributed by atoms with E-state index in [1.165, 1.54) is 0 Å². The second-order valence-corrected chi connectivity index (χ2v) is 3.05. The van der Waals surface area contributed by atoms with Gasteiger partial charge in [-0.1, -0.05) is 24.3 Å². The van der Waals surface area contributed by atoms with E-state index in [0.29, 0.717) is 5.88 Å². The molecule has 0 aliphatic carbocycles. The molecule has 0 fully saturated rings. The minimum Gasteiger partial charge on any atom is -0.393 e. The summed E-state index contributed by atoms with van der Waals surface area (Å²) in [5, 5.41) is 8.95. The van der Waals surface area contributed by atoms with Crippen molar-refractivity contribution in [2.45, 2.75) is 12.0 Å². The highest BCUT2D eigenvalue weighted by Crippen LogP contribution is 2.16. The van der Waals surface area contributed by atoms with Gasteiger partial charge in [0.15, 0.2) is 0 Å². The van der Waals surface area contributed by atoms with Crippen molar-refractivity contribution in [2.75, 3.05) is 13.7 Å². The Morgan fingerprint density at radius 1 is 1.38 bits per heavy atom. The summed E-state index contributed by atoms with van der Waals surface area (Å²) in [7, 11) is 1.58. The van der Waals surface area contributed by atoms with E-state index in [0.717, 1.165) is 11.1 Å². The van der Waals surface area contributed by atoms with Gasteiger partial charge in [-0.3, -0.25) is 0 Å². The molecule has 0 aliphatic rings. The van der Waals surface area contributed by atoms with Crippen molar-refractivity contribution in [3.8, 4) is 0 Å². The molecule has 0 radical (unpaired) electrons. The molecule has 1 aromatic carbocycles. The Morgan fingerprint density at radius 2 is 2.00 bits per heavy atom. The number of rotatable bonds is 4. The first kappa shape index (κ1) is 10.5. The average molecular weight is 201 g/mol. The maximum Gasteiger partial charge on any atom is 0.105 e. The number of aliphatic hydroxyl groups is 1. The number of benzene rings is 1. The Hall–Kier alpha value is -0.570. The Morgan fingerprint density at radius 3 is 2.38 bits per heavy atom. The van der Waals surface area contributed by atoms with Gasteiger partial charge in [0.2, 0.25) is 0 Å². The molecule has 0 amide bonds. The first-order valence-electron chi connectivity index (χ1n) is 4.10. The molecule has 0 bridgehead atoms. The summed E-state index contributed by atoms with van der Waals surface area (Å²) in [4.78, 5) is 0. The molecule has 1 rings (SSSR count). The van der Waals surface area contributed by atoms with Crippen molar-refractivity contribution in [3.63, 3.8) is 0 Å². The first-order valence-corrected chi connectivity index (χ1v) is 4.63. The average Bonchev–Trinajstić information content (AvgIpc) is 2.21. The van der Waals surface area contributed by atoms with E-state index in [4.69, 9.17) is 21.4 Å². The molecule has 0 aliphatic heterocycles. The lowest BCUT2D eigenvalue weighted by molar-refractivity contribution is 0.0484. The largest absolute Gasteiger partial charge is 0.393 e. The summed E-state index contributed by atoms with van der Waals surface area (Å²) < 4.78 is 5.08. The van der Waals surface area contributed by atoms with Crippen LogP contribution in [0.2, 0.25) is 0 Å². The van der Waals surface area contributed by atoms with Crippen LogP contribution < -0.4 is 0 Å². The van der Waals surface area contributed by atoms with Crippen LogP contribution in [0.5, 0.6) is 0 Å². The Balaban J connectivity index is 2.78. The van der Waals surface area contributed by atoms with Crippen LogP contribution in [-0.4, -0.2) is 18.8 Å². The first-order chi connectivity index (χ1) is 6.31. The van der Waals surface area contributed by atoms with Gasteiger partial charge >= 0.3 is 0 Å². The maximum absolute atomic E-state index is 8.95. The van der Waals surface area contributed by atoms with Gasteiger partial charge in [0, 0.05) is 13.0 Å². The molecular weight excluding hydrogens is 188 g/mol. The van der Waals surface area contributed by atoms with Gasteiger partial charge < -0.3 is 9.84 Å². The number of aliphatic hydroxyl groups excluding tert-OH is 1. The molecule has 1 aromatic rings. The second kappa shape index (κ2) is 5.22. The van der Waals surface area contributed by atoms with Crippen LogP contribution in [0.15, 0.2) is 24.3 Å². The van der Waals surface area contributed by atoms with Crippen LogP contribution in [0.25, 0.3) is 0 Å². The Kier molecular flexibility index (Phi) is 4.22. The fourth-order valence-electron chi connectivity index (χ4n) is 1.14. The molecule has 1 unspecified atom stereocenters. The highest BCUT2D eigenvalue weighted by atomic mass is 35.5. The van der Waals surface area contributed by atoms with Gasteiger partial charge in [-0.05, 0) is 11.1 Å². The van der Waals surface area contributed by atoms with E-state index in [1.54, 1.807) is 7.11 Å². The third-order valence-electron chi connectivity index (χ3n) is 1.96. The van der Waals surface area contributed by atoms with Crippen LogP contribution in [0.4, 0.5) is 0 Å². The van der Waals surface area contributed by atoms with E-state index >= 15 is 0 Å². The summed E-state index contributed by atoms with van der Waals surface area (Å²) >= 11 is 5.65. The van der Waals surface area contributed by atoms with Gasteiger partial charge in [0.1, 0.15) is 6.10 Å². The number of alkyl halides is 1. The monoisotopic (exact) mass is 200 g/mol. The van der Waals surface area contributed by atoms with Crippen molar-refractivity contribution < 1.29 is 9.84 Å². The van der Waals surface area contributed by atoms with Crippen molar-refractivity contribution in [2.24, 2.45) is 0 Å². The van der Waals surface area contributed by atoms with Crippen molar-refractivity contribution >= 4 is 11.6 Å². The molecule has 0 aromatic heterocycles. The van der Waals surface area contributed by atoms with E-state index in [-0.39, 0.29) is 12.7 Å². The van der Waals surface area contributed by atoms with E-state index in [1.807, 2.05) is 24.3 Å². The number of hydrogen-bond donors (Lipinski definition) is 1. The topological polar surface area (TPSA) is 29.5 Å². The summed E-state index contributed by atoms with van der Waals surface area (Å²) in [5.74, 6) is 0.511. The molecule has 0 spiro atoms. The van der Waals surface area contributed by atoms with Crippen molar-refractivity contribution in [3.05, 3.63) is 35.4 Å². The highest BCUT2D eigenvalue weighted by Gasteiger charge is 2.07. The zero-order valence-corrected chi connectivity index (χ0v) is 8.29. The summed E-state index contributed by atoms with van der Waals surface area (Å²) in [6.45, 7) is -0.00325. The predicted molar refractivity (Wildman–Crippen MR) is 52.8 cm³/mol. The standard InChI is InChI=1S/C10H13ClO2/c1-13-10(7-12)9-4-2-8(6-11)3-5-9/h2-5,10,12H,6-7H2,1H3. The van der Waals surface area contributed by atoms with Crippen LogP contribution in [0, 0.1) is 0 Å². The number of halogens is 1. The predicted octanol–water partition coefficient (Wildman–Crippen LogP) is 2.11. The lowest BCUT2D eigenvalue weighted by Crippen LogP contribution is -2.05. The van der Waals surface area contributed by atoms with Crippen LogP contribution in [-0.2, 0) is 10.6 Å². The Labute approximate surface area is 83.1 Å². The molecule has 2 nitrogen and oxygen atoms in total. The van der Waals surface area contributed by atoms with Gasteiger partial charge in [0.25, 0.3) is 0 Å². The molecular formula is C10H13ClO2. The third kappa shape index (κ3) is 2.69.